The van der Waals surface area contributed by atoms with E-state index in [1.807, 2.05) is 52.9 Å². The molecule has 1 N–H and O–H groups in total. The van der Waals surface area contributed by atoms with Crippen LogP contribution in [0.2, 0.25) is 18.1 Å². The van der Waals surface area contributed by atoms with Crippen molar-refractivity contribution in [1.82, 2.24) is 0 Å². The first-order valence-electron chi connectivity index (χ1n) is 19.0. The number of cyclic esters (lactones) is 1. The number of methoxy groups -OCH3 is 4. The van der Waals surface area contributed by atoms with Gasteiger partial charge in [-0.25, -0.2) is 14.4 Å². The van der Waals surface area contributed by atoms with Crippen LogP contribution in [0.15, 0.2) is 42.0 Å². The number of imide groups is 1. The molecule has 13 heteroatoms. The molecule has 1 heterocycles. The first-order chi connectivity index (χ1) is 25.2. The quantitative estimate of drug-likeness (QED) is 0.0745. The number of carbonyl (C=O) groups is 3. The topological polar surface area (TPSA) is 139 Å². The molecule has 0 saturated heterocycles. The summed E-state index contributed by atoms with van der Waals surface area (Å²) >= 11 is 0. The molecule has 12 nitrogen and oxygen atoms in total. The third-order valence-corrected chi connectivity index (χ3v) is 13.6. The van der Waals surface area contributed by atoms with E-state index >= 15 is 0 Å². The number of esters is 1. The molecule has 0 saturated carbocycles. The molecule has 2 rings (SSSR count). The summed E-state index contributed by atoms with van der Waals surface area (Å²) in [7, 11) is 3.80. The summed E-state index contributed by atoms with van der Waals surface area (Å²) in [5.74, 6) is -0.734. The summed E-state index contributed by atoms with van der Waals surface area (Å²) in [6.45, 7) is 24.2. The first kappa shape index (κ1) is 48.1. The third-order valence-electron chi connectivity index (χ3n) is 10.1. The summed E-state index contributed by atoms with van der Waals surface area (Å²) in [4.78, 5) is 51.8. The van der Waals surface area contributed by atoms with Gasteiger partial charge in [-0.05, 0) is 120 Å². The number of anilines is 1. The van der Waals surface area contributed by atoms with Crippen LogP contribution in [0.25, 0.3) is 0 Å². The molecular formula is C42H69NO11Si. The second-order valence-corrected chi connectivity index (χ2v) is 22.4. The zero-order valence-electron chi connectivity index (χ0n) is 36.4. The monoisotopic (exact) mass is 791 g/mol. The van der Waals surface area contributed by atoms with Gasteiger partial charge in [-0.2, -0.15) is 4.90 Å². The van der Waals surface area contributed by atoms with E-state index in [0.29, 0.717) is 12.8 Å². The van der Waals surface area contributed by atoms with Crippen LogP contribution in [0.4, 0.5) is 15.3 Å². The predicted octanol–water partition coefficient (Wildman–Crippen LogP) is 8.71. The van der Waals surface area contributed by atoms with Gasteiger partial charge in [0, 0.05) is 40.4 Å². The Morgan fingerprint density at radius 3 is 1.93 bits per heavy atom. The Hall–Kier alpha value is -3.07. The maximum absolute atomic E-state index is 13.8. The lowest BCUT2D eigenvalue weighted by Crippen LogP contribution is -2.44. The molecule has 7 atom stereocenters. The van der Waals surface area contributed by atoms with Crippen LogP contribution in [0.3, 0.4) is 0 Å². The van der Waals surface area contributed by atoms with Crippen molar-refractivity contribution in [2.24, 2.45) is 11.8 Å². The van der Waals surface area contributed by atoms with Crippen molar-refractivity contribution >= 4 is 32.2 Å². The Morgan fingerprint density at radius 2 is 1.47 bits per heavy atom. The van der Waals surface area contributed by atoms with E-state index in [0.717, 1.165) is 21.6 Å². The van der Waals surface area contributed by atoms with Crippen LogP contribution in [0, 0.1) is 11.8 Å². The lowest BCUT2D eigenvalue weighted by Gasteiger charge is -2.36. The zero-order chi connectivity index (χ0) is 42.3. The zero-order valence-corrected chi connectivity index (χ0v) is 37.4. The molecule has 1 aromatic rings. The Morgan fingerprint density at radius 1 is 0.909 bits per heavy atom. The van der Waals surface area contributed by atoms with E-state index < -0.39 is 61.0 Å². The largest absolute Gasteiger partial charge is 0.452 e. The standard InChI is InChI=1S/C42H69NO11Si/c1-26(20-27(2)37-32(48-12)18-19-34(44)52-37)36(51-15)33(49-13)21-28(3)35(50-14)30-22-29(25-42(10,11)55(16,17)47)23-31(24-30)43(38(45)53-40(4,5)6)39(46)54-41(7,8)9/h18-20,22-24,26,28,32-33,35-37,47H,21,25H2,1-17H3/b27-20+/t26-,28-,32-,33-,35+,36+,37-/m0/s1. The number of benzene rings is 1. The van der Waals surface area contributed by atoms with Crippen LogP contribution in [0.1, 0.15) is 99.8 Å². The van der Waals surface area contributed by atoms with Gasteiger partial charge >= 0.3 is 18.2 Å². The highest BCUT2D eigenvalue weighted by Gasteiger charge is 2.40. The number of ether oxygens (including phenoxy) is 7. The summed E-state index contributed by atoms with van der Waals surface area (Å²) in [6, 6.07) is 5.54. The summed E-state index contributed by atoms with van der Waals surface area (Å²) in [5, 5.41) is -0.468. The number of rotatable bonds is 16. The minimum atomic E-state index is -2.68. The number of amides is 2. The molecule has 55 heavy (non-hydrogen) atoms. The van der Waals surface area contributed by atoms with Crippen molar-refractivity contribution in [2.75, 3.05) is 33.3 Å². The van der Waals surface area contributed by atoms with E-state index in [2.05, 4.69) is 6.92 Å². The number of hydrogen-bond donors (Lipinski definition) is 1. The van der Waals surface area contributed by atoms with Gasteiger partial charge in [0.1, 0.15) is 17.3 Å². The summed E-state index contributed by atoms with van der Waals surface area (Å²) < 4.78 is 40.9. The fraction of sp³-hybridized carbons (Fsp3) is 0.690. The summed E-state index contributed by atoms with van der Waals surface area (Å²) in [5.41, 5.74) is 0.835. The first-order valence-corrected chi connectivity index (χ1v) is 21.9. The van der Waals surface area contributed by atoms with Gasteiger partial charge in [0.15, 0.2) is 14.4 Å². The van der Waals surface area contributed by atoms with E-state index in [-0.39, 0.29) is 29.7 Å². The molecule has 0 spiro atoms. The van der Waals surface area contributed by atoms with Gasteiger partial charge < -0.3 is 38.0 Å². The number of nitrogens with zero attached hydrogens (tertiary/aromatic N) is 1. The second-order valence-electron chi connectivity index (χ2n) is 17.9. The highest BCUT2D eigenvalue weighted by atomic mass is 28.4. The van der Waals surface area contributed by atoms with Gasteiger partial charge in [-0.1, -0.05) is 39.8 Å². The molecule has 1 aromatic carbocycles. The third kappa shape index (κ3) is 13.8. The number of carbonyl (C=O) groups excluding carboxylic acids is 3. The van der Waals surface area contributed by atoms with Crippen LogP contribution < -0.4 is 4.90 Å². The van der Waals surface area contributed by atoms with Gasteiger partial charge in [0.2, 0.25) is 0 Å². The summed E-state index contributed by atoms with van der Waals surface area (Å²) in [6.07, 6.45) is 2.07. The number of hydrogen-bond acceptors (Lipinski definition) is 11. The van der Waals surface area contributed by atoms with Gasteiger partial charge in [-0.3, -0.25) is 0 Å². The second kappa shape index (κ2) is 19.4. The van der Waals surface area contributed by atoms with Crippen molar-refractivity contribution in [1.29, 1.82) is 0 Å². The van der Waals surface area contributed by atoms with E-state index in [4.69, 9.17) is 33.2 Å². The molecule has 0 unspecified atom stereocenters. The Bertz CT molecular complexity index is 1490. The molecule has 1 aliphatic rings. The molecule has 2 amide bonds. The maximum Gasteiger partial charge on any atom is 0.424 e. The van der Waals surface area contributed by atoms with Crippen LogP contribution in [-0.4, -0.2) is 95.3 Å². The van der Waals surface area contributed by atoms with Gasteiger partial charge in [0.25, 0.3) is 0 Å². The van der Waals surface area contributed by atoms with E-state index in [1.165, 1.54) is 6.08 Å². The Kier molecular flexibility index (Phi) is 16.9. The van der Waals surface area contributed by atoms with Crippen molar-refractivity contribution < 1.29 is 52.3 Å². The van der Waals surface area contributed by atoms with Gasteiger partial charge in [0.05, 0.1) is 24.0 Å². The van der Waals surface area contributed by atoms with E-state index in [9.17, 15) is 19.2 Å². The highest BCUT2D eigenvalue weighted by Crippen LogP contribution is 2.41. The predicted molar refractivity (Wildman–Crippen MR) is 217 cm³/mol. The van der Waals surface area contributed by atoms with Crippen molar-refractivity contribution in [2.45, 2.75) is 149 Å². The smallest absolute Gasteiger partial charge is 0.424 e. The molecule has 0 radical (unpaired) electrons. The van der Waals surface area contributed by atoms with Crippen LogP contribution in [0.5, 0.6) is 0 Å². The molecule has 0 aliphatic carbocycles. The van der Waals surface area contributed by atoms with E-state index in [1.54, 1.807) is 88.2 Å². The molecule has 0 fully saturated rings. The SMILES string of the molecule is CO[C@@H]([C@H](C[C@H](C)[C@@H](OC)c1cc(CC(C)(C)[Si](C)(C)O)cc(N(C(=O)OC(C)(C)C)C(=O)OC(C)(C)C)c1)OC)[C@@H](C)/C=C(\C)[C@@H]1OC(=O)C=C[C@@H]1OC. The minimum Gasteiger partial charge on any atom is -0.452 e. The molecule has 0 aromatic heterocycles. The lowest BCUT2D eigenvalue weighted by atomic mass is 9.85. The molecule has 0 bridgehead atoms. The lowest BCUT2D eigenvalue weighted by molar-refractivity contribution is -0.147. The molecular weight excluding hydrogens is 723 g/mol. The fourth-order valence-electron chi connectivity index (χ4n) is 6.64. The Labute approximate surface area is 331 Å². The maximum atomic E-state index is 13.8. The minimum absolute atomic E-state index is 0.148. The van der Waals surface area contributed by atoms with Gasteiger partial charge in [-0.15, -0.1) is 0 Å². The average Bonchev–Trinajstić information content (AvgIpc) is 3.02. The normalized spacial score (nSPS) is 19.9. The fourth-order valence-corrected chi connectivity index (χ4v) is 7.28. The molecule has 312 valence electrons. The van der Waals surface area contributed by atoms with Crippen molar-refractivity contribution in [3.05, 3.63) is 53.1 Å². The van der Waals surface area contributed by atoms with Crippen molar-refractivity contribution in [3.8, 4) is 0 Å². The highest BCUT2D eigenvalue weighted by molar-refractivity contribution is 6.72. The van der Waals surface area contributed by atoms with Crippen molar-refractivity contribution in [3.63, 3.8) is 0 Å². The Balaban J connectivity index is 2.64. The van der Waals surface area contributed by atoms with Crippen LogP contribution >= 0.6 is 0 Å². The average molecular weight is 792 g/mol. The molecule has 1 aliphatic heterocycles. The van der Waals surface area contributed by atoms with Crippen LogP contribution in [-0.2, 0) is 44.4 Å².